The quantitative estimate of drug-likeness (QED) is 0.711. The van der Waals surface area contributed by atoms with Crippen molar-refractivity contribution >= 4 is 17.8 Å². The van der Waals surface area contributed by atoms with Crippen molar-refractivity contribution in [1.29, 1.82) is 0 Å². The van der Waals surface area contributed by atoms with Crippen LogP contribution in [0.2, 0.25) is 0 Å². The molecular formula is C12H18N4O6. The average Bonchev–Trinajstić information content (AvgIpc) is 3.16. The van der Waals surface area contributed by atoms with Gasteiger partial charge in [-0.3, -0.25) is 19.4 Å². The number of rotatable bonds is 5. The molecule has 2 aliphatic heterocycles. The average molecular weight is 314 g/mol. The van der Waals surface area contributed by atoms with Crippen LogP contribution >= 0.6 is 0 Å². The fourth-order valence-electron chi connectivity index (χ4n) is 2.72. The number of nitrogens with zero attached hydrogens (tertiary/aromatic N) is 4. The van der Waals surface area contributed by atoms with Crippen LogP contribution in [0.3, 0.4) is 0 Å². The molecule has 0 saturated carbocycles. The van der Waals surface area contributed by atoms with Crippen molar-refractivity contribution in [3.05, 3.63) is 0 Å². The molecule has 0 bridgehead atoms. The zero-order chi connectivity index (χ0) is 15.9. The molecule has 122 valence electrons. The zero-order valence-electron chi connectivity index (χ0n) is 12.2. The first-order valence-electron chi connectivity index (χ1n) is 7.25. The highest BCUT2D eigenvalue weighted by Gasteiger charge is 2.36. The van der Waals surface area contributed by atoms with Gasteiger partial charge >= 0.3 is 5.97 Å². The number of carbonyl (C=O) groups is 3. The minimum atomic E-state index is -0.779. The third kappa shape index (κ3) is 2.68. The van der Waals surface area contributed by atoms with Crippen molar-refractivity contribution < 1.29 is 29.0 Å². The number of amides is 2. The van der Waals surface area contributed by atoms with Gasteiger partial charge in [0.05, 0.1) is 5.92 Å². The number of carboxylic acids is 1. The highest BCUT2D eigenvalue weighted by Crippen LogP contribution is 2.19. The van der Waals surface area contributed by atoms with Gasteiger partial charge in [0.2, 0.25) is 18.0 Å². The number of hydrogen-bond donors (Lipinski definition) is 1. The summed E-state index contributed by atoms with van der Waals surface area (Å²) in [6, 6.07) is 0. The van der Waals surface area contributed by atoms with Gasteiger partial charge in [-0.15, -0.1) is 0 Å². The van der Waals surface area contributed by atoms with Gasteiger partial charge in [-0.2, -0.15) is 4.63 Å². The van der Waals surface area contributed by atoms with Gasteiger partial charge < -0.3 is 9.94 Å². The van der Waals surface area contributed by atoms with Gasteiger partial charge in [0, 0.05) is 30.9 Å². The number of aliphatic carboxylic acids is 1. The third-order valence-corrected chi connectivity index (χ3v) is 4.02. The summed E-state index contributed by atoms with van der Waals surface area (Å²) in [4.78, 5) is 41.9. The Kier molecular flexibility index (Phi) is 3.59. The summed E-state index contributed by atoms with van der Waals surface area (Å²) in [5, 5.41) is 11.8. The number of piperidine rings is 1. The molecule has 3 heterocycles. The fourth-order valence-corrected chi connectivity index (χ4v) is 2.72. The fraction of sp³-hybridized carbons (Fsp3) is 0.750. The normalized spacial score (nSPS) is 21.7. The van der Waals surface area contributed by atoms with Crippen LogP contribution in [0.15, 0.2) is 4.63 Å². The van der Waals surface area contributed by atoms with E-state index in [-0.39, 0.29) is 30.6 Å². The van der Waals surface area contributed by atoms with Crippen molar-refractivity contribution in [2.45, 2.75) is 38.8 Å². The van der Waals surface area contributed by atoms with E-state index in [4.69, 9.17) is 14.6 Å². The Morgan fingerprint density at radius 3 is 2.41 bits per heavy atom. The van der Waals surface area contributed by atoms with Crippen LogP contribution in [0.4, 0.5) is 0 Å². The van der Waals surface area contributed by atoms with Crippen LogP contribution in [-0.2, 0) is 14.4 Å². The summed E-state index contributed by atoms with van der Waals surface area (Å²) in [6.45, 7) is 2.66. The van der Waals surface area contributed by atoms with Gasteiger partial charge in [-0.1, -0.05) is 0 Å². The summed E-state index contributed by atoms with van der Waals surface area (Å²) < 4.78 is 5.13. The maximum absolute atomic E-state index is 11.6. The van der Waals surface area contributed by atoms with Crippen LogP contribution in [0.5, 0.6) is 0 Å². The molecule has 1 aromatic rings. The first kappa shape index (κ1) is 14.5. The lowest BCUT2D eigenvalue weighted by atomic mass is 9.98. The first-order chi connectivity index (χ1) is 10.5. The highest BCUT2D eigenvalue weighted by molar-refractivity contribution is 6.02. The van der Waals surface area contributed by atoms with E-state index in [9.17, 15) is 14.4 Å². The molecule has 10 nitrogen and oxygen atoms in total. The second-order valence-electron chi connectivity index (χ2n) is 5.50. The third-order valence-electron chi connectivity index (χ3n) is 4.02. The molecule has 0 spiro atoms. The van der Waals surface area contributed by atoms with Gasteiger partial charge in [0.15, 0.2) is 0 Å². The number of aromatic nitrogens is 2. The summed E-state index contributed by atoms with van der Waals surface area (Å²) in [5.41, 5.74) is 0. The number of likely N-dealkylation sites (tertiary alicyclic amines) is 1. The van der Waals surface area contributed by atoms with E-state index in [1.54, 1.807) is 11.9 Å². The summed E-state index contributed by atoms with van der Waals surface area (Å²) >= 11 is 0. The Hall–Kier alpha value is -2.39. The van der Waals surface area contributed by atoms with Crippen LogP contribution < -0.4 is 9.85 Å². The lowest BCUT2D eigenvalue weighted by Gasteiger charge is -2.26. The molecule has 0 aromatic carbocycles. The van der Waals surface area contributed by atoms with Crippen LogP contribution in [0.1, 0.15) is 32.6 Å². The number of carboxylic acid groups (broad SMARTS) is 1. The van der Waals surface area contributed by atoms with Crippen molar-refractivity contribution in [1.82, 2.24) is 14.9 Å². The Balaban J connectivity index is 1.52. The summed E-state index contributed by atoms with van der Waals surface area (Å²) in [6.07, 6.45) is 0.729. The maximum Gasteiger partial charge on any atom is 0.306 e. The molecule has 2 amide bonds. The Morgan fingerprint density at radius 2 is 1.86 bits per heavy atom. The minimum absolute atomic E-state index is 0.208. The highest BCUT2D eigenvalue weighted by atomic mass is 17.0. The number of hydrogen-bond acceptors (Lipinski definition) is 6. The van der Waals surface area contributed by atoms with Gasteiger partial charge in [0.25, 0.3) is 0 Å². The van der Waals surface area contributed by atoms with Crippen LogP contribution in [0, 0.1) is 5.92 Å². The van der Waals surface area contributed by atoms with Gasteiger partial charge in [-0.25, -0.2) is 4.90 Å². The number of imide groups is 1. The SMILES string of the molecule is CC(On1on1N1CCC(C(=O)O)CC1)N1C(=O)CCC1=O. The van der Waals surface area contributed by atoms with E-state index < -0.39 is 12.2 Å². The summed E-state index contributed by atoms with van der Waals surface area (Å²) in [7, 11) is 0. The molecule has 0 aliphatic carbocycles. The first-order valence-corrected chi connectivity index (χ1v) is 7.25. The second-order valence-corrected chi connectivity index (χ2v) is 5.50. The predicted molar refractivity (Wildman–Crippen MR) is 70.1 cm³/mol. The molecule has 2 aliphatic rings. The second kappa shape index (κ2) is 5.43. The molecule has 2 fully saturated rings. The monoisotopic (exact) mass is 314 g/mol. The lowest BCUT2D eigenvalue weighted by molar-refractivity contribution is -0.155. The van der Waals surface area contributed by atoms with E-state index in [1.165, 1.54) is 4.96 Å². The maximum atomic E-state index is 11.6. The van der Waals surface area contributed by atoms with E-state index in [2.05, 4.69) is 0 Å². The molecular weight excluding hydrogens is 296 g/mol. The molecule has 1 aromatic heterocycles. The zero-order valence-corrected chi connectivity index (χ0v) is 12.2. The van der Waals surface area contributed by atoms with Crippen molar-refractivity contribution in [3.8, 4) is 0 Å². The van der Waals surface area contributed by atoms with Gasteiger partial charge in [-0.05, 0) is 19.8 Å². The smallest absolute Gasteiger partial charge is 0.306 e. The molecule has 0 radical (unpaired) electrons. The van der Waals surface area contributed by atoms with E-state index in [0.29, 0.717) is 25.9 Å². The molecule has 3 rings (SSSR count). The largest absolute Gasteiger partial charge is 0.481 e. The molecule has 10 heteroatoms. The van der Waals surface area contributed by atoms with Crippen LogP contribution in [0.25, 0.3) is 0 Å². The van der Waals surface area contributed by atoms with Crippen molar-refractivity contribution in [2.24, 2.45) is 5.92 Å². The molecule has 1 unspecified atom stereocenters. The number of carbonyl (C=O) groups excluding carboxylic acids is 2. The molecule has 22 heavy (non-hydrogen) atoms. The predicted octanol–water partition coefficient (Wildman–Crippen LogP) is -0.761. The van der Waals surface area contributed by atoms with Crippen LogP contribution in [-0.4, -0.2) is 57.1 Å². The molecule has 1 N–H and O–H groups in total. The Bertz CT molecular complexity index is 563. The summed E-state index contributed by atoms with van der Waals surface area (Å²) in [5.74, 6) is -1.62. The van der Waals surface area contributed by atoms with E-state index >= 15 is 0 Å². The van der Waals surface area contributed by atoms with E-state index in [0.717, 1.165) is 9.92 Å². The molecule has 1 atom stereocenters. The van der Waals surface area contributed by atoms with Crippen molar-refractivity contribution in [3.63, 3.8) is 0 Å². The Labute approximate surface area is 125 Å². The minimum Gasteiger partial charge on any atom is -0.481 e. The molecule has 2 saturated heterocycles. The topological polar surface area (TPSA) is 110 Å². The van der Waals surface area contributed by atoms with Crippen molar-refractivity contribution in [2.75, 3.05) is 18.1 Å². The lowest BCUT2D eigenvalue weighted by Crippen LogP contribution is -2.45. The van der Waals surface area contributed by atoms with E-state index in [1.807, 2.05) is 0 Å². The van der Waals surface area contributed by atoms with Gasteiger partial charge in [0.1, 0.15) is 5.02 Å². The standard InChI is InChI=1S/C12H18N4O6/c1-8(14-10(17)2-3-11(14)18)21-16-15(22-16)13-6-4-9(5-7-13)12(19)20/h8-9H,2-7H2,1H3,(H,19,20). The Morgan fingerprint density at radius 1 is 1.27 bits per heavy atom.